The Morgan fingerprint density at radius 3 is 2.76 bits per heavy atom. The fourth-order valence-corrected chi connectivity index (χ4v) is 2.08. The van der Waals surface area contributed by atoms with E-state index in [0.29, 0.717) is 25.1 Å². The van der Waals surface area contributed by atoms with Gasteiger partial charge in [-0.05, 0) is 43.7 Å². The van der Waals surface area contributed by atoms with E-state index in [4.69, 9.17) is 5.73 Å². The Kier molecular flexibility index (Phi) is 5.00. The van der Waals surface area contributed by atoms with Crippen molar-refractivity contribution >= 4 is 11.6 Å². The van der Waals surface area contributed by atoms with Crippen LogP contribution in [-0.4, -0.2) is 24.0 Å². The number of halogens is 1. The molecule has 5 heteroatoms. The molecule has 0 aliphatic rings. The third-order valence-corrected chi connectivity index (χ3v) is 3.10. The monoisotopic (exact) mass is 287 g/mol. The molecule has 0 aliphatic carbocycles. The van der Waals surface area contributed by atoms with Crippen LogP contribution in [0.2, 0.25) is 0 Å². The molecule has 2 N–H and O–H groups in total. The second-order valence-corrected chi connectivity index (χ2v) is 4.80. The van der Waals surface area contributed by atoms with Gasteiger partial charge in [0.05, 0.1) is 11.3 Å². The highest BCUT2D eigenvalue weighted by Crippen LogP contribution is 2.21. The summed E-state index contributed by atoms with van der Waals surface area (Å²) in [7, 11) is 0. The highest BCUT2D eigenvalue weighted by Gasteiger charge is 2.20. The second kappa shape index (κ2) is 6.95. The molecule has 0 bridgehead atoms. The van der Waals surface area contributed by atoms with Gasteiger partial charge >= 0.3 is 0 Å². The first-order valence-corrected chi connectivity index (χ1v) is 6.81. The average molecular weight is 287 g/mol. The molecular formula is C16H18FN3O. The predicted molar refractivity (Wildman–Crippen MR) is 80.7 cm³/mol. The number of carbonyl (C=O) groups excluding carboxylic acids is 1. The molecule has 0 spiro atoms. The SMILES string of the molecule is Cc1cncc(C(=O)N(CCCN)c2ccccc2F)c1. The van der Waals surface area contributed by atoms with Gasteiger partial charge in [0, 0.05) is 18.9 Å². The van der Waals surface area contributed by atoms with Gasteiger partial charge in [0.25, 0.3) is 5.91 Å². The minimum absolute atomic E-state index is 0.262. The molecule has 2 rings (SSSR count). The quantitative estimate of drug-likeness (QED) is 0.919. The fraction of sp³-hybridized carbons (Fsp3) is 0.250. The summed E-state index contributed by atoms with van der Waals surface area (Å²) in [5.74, 6) is -0.701. The minimum Gasteiger partial charge on any atom is -0.330 e. The molecule has 1 aromatic heterocycles. The van der Waals surface area contributed by atoms with E-state index in [1.165, 1.54) is 17.2 Å². The van der Waals surface area contributed by atoms with Crippen LogP contribution in [0.15, 0.2) is 42.7 Å². The first-order chi connectivity index (χ1) is 10.1. The van der Waals surface area contributed by atoms with Crippen molar-refractivity contribution in [2.24, 2.45) is 5.73 Å². The maximum Gasteiger partial charge on any atom is 0.259 e. The number of hydrogen-bond acceptors (Lipinski definition) is 3. The largest absolute Gasteiger partial charge is 0.330 e. The summed E-state index contributed by atoms with van der Waals surface area (Å²) in [6, 6.07) is 7.97. The molecule has 0 radical (unpaired) electrons. The highest BCUT2D eigenvalue weighted by molar-refractivity contribution is 6.06. The number of anilines is 1. The van der Waals surface area contributed by atoms with Gasteiger partial charge in [0.15, 0.2) is 0 Å². The van der Waals surface area contributed by atoms with Gasteiger partial charge < -0.3 is 10.6 Å². The second-order valence-electron chi connectivity index (χ2n) is 4.80. The zero-order valence-corrected chi connectivity index (χ0v) is 11.9. The number of hydrogen-bond donors (Lipinski definition) is 1. The number of pyridine rings is 1. The van der Waals surface area contributed by atoms with Gasteiger partial charge in [-0.15, -0.1) is 0 Å². The van der Waals surface area contributed by atoms with Gasteiger partial charge in [-0.2, -0.15) is 0 Å². The van der Waals surface area contributed by atoms with Crippen LogP contribution >= 0.6 is 0 Å². The van der Waals surface area contributed by atoms with Crippen LogP contribution < -0.4 is 10.6 Å². The summed E-state index contributed by atoms with van der Waals surface area (Å²) < 4.78 is 14.0. The number of benzene rings is 1. The van der Waals surface area contributed by atoms with Crippen LogP contribution in [-0.2, 0) is 0 Å². The van der Waals surface area contributed by atoms with Crippen LogP contribution in [0.5, 0.6) is 0 Å². The molecule has 21 heavy (non-hydrogen) atoms. The number of nitrogens with two attached hydrogens (primary N) is 1. The number of aromatic nitrogens is 1. The molecule has 4 nitrogen and oxygen atoms in total. The number of carbonyl (C=O) groups is 1. The van der Waals surface area contributed by atoms with E-state index in [0.717, 1.165) is 5.56 Å². The maximum absolute atomic E-state index is 14.0. The zero-order valence-electron chi connectivity index (χ0n) is 11.9. The predicted octanol–water partition coefficient (Wildman–Crippen LogP) is 2.52. The van der Waals surface area contributed by atoms with Gasteiger partial charge in [-0.25, -0.2) is 4.39 Å². The molecule has 0 aliphatic heterocycles. The van der Waals surface area contributed by atoms with Crippen molar-refractivity contribution in [1.29, 1.82) is 0 Å². The normalized spacial score (nSPS) is 10.4. The first-order valence-electron chi connectivity index (χ1n) is 6.81. The standard InChI is InChI=1S/C16H18FN3O/c1-12-9-13(11-19-10-12)16(21)20(8-4-7-18)15-6-3-2-5-14(15)17/h2-3,5-6,9-11H,4,7-8,18H2,1H3. The van der Waals surface area contributed by atoms with Gasteiger partial charge in [-0.3, -0.25) is 9.78 Å². The first kappa shape index (κ1) is 15.1. The van der Waals surface area contributed by atoms with Crippen molar-refractivity contribution in [3.8, 4) is 0 Å². The lowest BCUT2D eigenvalue weighted by molar-refractivity contribution is 0.0985. The molecule has 0 saturated carbocycles. The third-order valence-electron chi connectivity index (χ3n) is 3.10. The van der Waals surface area contributed by atoms with Crippen LogP contribution in [0.3, 0.4) is 0 Å². The molecule has 1 aromatic carbocycles. The molecule has 0 saturated heterocycles. The van der Waals surface area contributed by atoms with Crippen LogP contribution in [0.1, 0.15) is 22.3 Å². The number of para-hydroxylation sites is 1. The van der Waals surface area contributed by atoms with E-state index in [1.807, 2.05) is 6.92 Å². The molecule has 110 valence electrons. The van der Waals surface area contributed by atoms with Crippen molar-refractivity contribution in [2.75, 3.05) is 18.0 Å². The molecule has 0 unspecified atom stereocenters. The van der Waals surface area contributed by atoms with Gasteiger partial charge in [-0.1, -0.05) is 12.1 Å². The van der Waals surface area contributed by atoms with Crippen LogP contribution in [0, 0.1) is 12.7 Å². The average Bonchev–Trinajstić information content (AvgIpc) is 2.49. The minimum atomic E-state index is -0.427. The summed E-state index contributed by atoms with van der Waals surface area (Å²) in [6.45, 7) is 2.66. The number of amides is 1. The lowest BCUT2D eigenvalue weighted by Crippen LogP contribution is -2.33. The number of rotatable bonds is 5. The zero-order chi connectivity index (χ0) is 15.2. The lowest BCUT2D eigenvalue weighted by Gasteiger charge is -2.23. The van der Waals surface area contributed by atoms with E-state index < -0.39 is 5.82 Å². The Morgan fingerprint density at radius 2 is 2.10 bits per heavy atom. The molecule has 1 amide bonds. The Bertz CT molecular complexity index is 630. The van der Waals surface area contributed by atoms with E-state index in [2.05, 4.69) is 4.98 Å². The summed E-state index contributed by atoms with van der Waals surface area (Å²) in [5.41, 5.74) is 7.10. The summed E-state index contributed by atoms with van der Waals surface area (Å²) >= 11 is 0. The van der Waals surface area contributed by atoms with Crippen molar-refractivity contribution in [3.05, 3.63) is 59.7 Å². The van der Waals surface area contributed by atoms with Crippen molar-refractivity contribution in [2.45, 2.75) is 13.3 Å². The van der Waals surface area contributed by atoms with E-state index >= 15 is 0 Å². The van der Waals surface area contributed by atoms with Crippen molar-refractivity contribution < 1.29 is 9.18 Å². The van der Waals surface area contributed by atoms with Crippen LogP contribution in [0.4, 0.5) is 10.1 Å². The van der Waals surface area contributed by atoms with E-state index in [1.54, 1.807) is 30.5 Å². The summed E-state index contributed by atoms with van der Waals surface area (Å²) in [5, 5.41) is 0. The maximum atomic E-state index is 14.0. The third kappa shape index (κ3) is 3.64. The fourth-order valence-electron chi connectivity index (χ4n) is 2.08. The van der Waals surface area contributed by atoms with E-state index in [-0.39, 0.29) is 11.6 Å². The molecule has 1 heterocycles. The molecule has 0 atom stereocenters. The Hall–Kier alpha value is -2.27. The Labute approximate surface area is 123 Å². The van der Waals surface area contributed by atoms with Crippen molar-refractivity contribution in [1.82, 2.24) is 4.98 Å². The molecule has 0 fully saturated rings. The molecule has 2 aromatic rings. The smallest absolute Gasteiger partial charge is 0.259 e. The lowest BCUT2D eigenvalue weighted by atomic mass is 10.1. The Balaban J connectivity index is 2.36. The molecular weight excluding hydrogens is 269 g/mol. The Morgan fingerprint density at radius 1 is 1.33 bits per heavy atom. The summed E-state index contributed by atoms with van der Waals surface area (Å²) in [6.07, 6.45) is 3.76. The number of nitrogens with zero attached hydrogens (tertiary/aromatic N) is 2. The highest BCUT2D eigenvalue weighted by atomic mass is 19.1. The number of aryl methyl sites for hydroxylation is 1. The van der Waals surface area contributed by atoms with Crippen molar-refractivity contribution in [3.63, 3.8) is 0 Å². The van der Waals surface area contributed by atoms with E-state index in [9.17, 15) is 9.18 Å². The van der Waals surface area contributed by atoms with Gasteiger partial charge in [0.2, 0.25) is 0 Å². The van der Waals surface area contributed by atoms with Crippen LogP contribution in [0.25, 0.3) is 0 Å². The summed E-state index contributed by atoms with van der Waals surface area (Å²) in [4.78, 5) is 18.1. The topological polar surface area (TPSA) is 59.2 Å². The van der Waals surface area contributed by atoms with Gasteiger partial charge in [0.1, 0.15) is 5.82 Å².